The van der Waals surface area contributed by atoms with E-state index in [1.54, 1.807) is 12.1 Å². The second-order valence-electron chi connectivity index (χ2n) is 8.39. The molecule has 3 fully saturated rings. The molecule has 4 rings (SSSR count). The van der Waals surface area contributed by atoms with Gasteiger partial charge in [0.2, 0.25) is 5.91 Å². The molecule has 0 radical (unpaired) electrons. The van der Waals surface area contributed by atoms with Crippen molar-refractivity contribution >= 4 is 23.4 Å². The molecule has 1 aromatic rings. The van der Waals surface area contributed by atoms with E-state index >= 15 is 0 Å². The molecule has 0 unspecified atom stereocenters. The molecule has 0 saturated carbocycles. The summed E-state index contributed by atoms with van der Waals surface area (Å²) in [5.41, 5.74) is 0.302. The highest BCUT2D eigenvalue weighted by atomic mass is 35.5. The average Bonchev–Trinajstić information content (AvgIpc) is 3.32. The summed E-state index contributed by atoms with van der Waals surface area (Å²) in [5, 5.41) is 0.579. The minimum absolute atomic E-state index is 0.0225. The van der Waals surface area contributed by atoms with E-state index in [0.29, 0.717) is 29.6 Å². The number of rotatable bonds is 3. The van der Waals surface area contributed by atoms with E-state index in [1.165, 1.54) is 0 Å². The van der Waals surface area contributed by atoms with Crippen LogP contribution in [0.4, 0.5) is 0 Å². The Hall–Kier alpha value is -1.59. The Balaban J connectivity index is 1.57. The van der Waals surface area contributed by atoms with E-state index in [4.69, 9.17) is 11.6 Å². The van der Waals surface area contributed by atoms with Gasteiger partial charge in [0.25, 0.3) is 5.91 Å². The molecule has 0 aromatic heterocycles. The van der Waals surface area contributed by atoms with E-state index in [-0.39, 0.29) is 17.4 Å². The van der Waals surface area contributed by atoms with Crippen molar-refractivity contribution in [3.8, 4) is 0 Å². The molecule has 3 aliphatic rings. The molecule has 6 heteroatoms. The summed E-state index contributed by atoms with van der Waals surface area (Å²) >= 11 is 6.08. The lowest BCUT2D eigenvalue weighted by Gasteiger charge is -2.38. The number of nitrogens with zero attached hydrogens (tertiary/aromatic N) is 3. The van der Waals surface area contributed by atoms with Crippen molar-refractivity contribution in [3.05, 3.63) is 34.9 Å². The van der Waals surface area contributed by atoms with Crippen molar-refractivity contribution in [1.29, 1.82) is 0 Å². The van der Waals surface area contributed by atoms with E-state index in [9.17, 15) is 9.59 Å². The lowest BCUT2D eigenvalue weighted by molar-refractivity contribution is -0.143. The molecule has 0 bridgehead atoms. The Morgan fingerprint density at radius 1 is 1.07 bits per heavy atom. The highest BCUT2D eigenvalue weighted by Gasteiger charge is 2.54. The fourth-order valence-corrected chi connectivity index (χ4v) is 5.66. The standard InChI is InChI=1S/C22H30ClN3O2/c1-2-24-14-9-22(21(28)26-11-3-4-12-26)10-15-25(13-8-19(22)24)20(27)17-6-5-7-18(23)16-17/h5-7,16,19H,2-4,8-15H2,1H3/t19-,22-/m0/s1. The van der Waals surface area contributed by atoms with Crippen molar-refractivity contribution in [1.82, 2.24) is 14.7 Å². The van der Waals surface area contributed by atoms with E-state index in [0.717, 1.165) is 58.3 Å². The number of carbonyl (C=O) groups excluding carboxylic acids is 2. The van der Waals surface area contributed by atoms with Gasteiger partial charge in [0, 0.05) is 42.8 Å². The third kappa shape index (κ3) is 3.43. The number of halogens is 1. The zero-order chi connectivity index (χ0) is 19.7. The summed E-state index contributed by atoms with van der Waals surface area (Å²) in [5.74, 6) is 0.359. The number of fused-ring (bicyclic) bond motifs is 1. The predicted molar refractivity (Wildman–Crippen MR) is 110 cm³/mol. The van der Waals surface area contributed by atoms with Gasteiger partial charge in [-0.2, -0.15) is 0 Å². The number of hydrogen-bond acceptors (Lipinski definition) is 3. The van der Waals surface area contributed by atoms with Crippen LogP contribution < -0.4 is 0 Å². The Bertz CT molecular complexity index is 749. The van der Waals surface area contributed by atoms with Crippen LogP contribution in [-0.2, 0) is 4.79 Å². The van der Waals surface area contributed by atoms with Crippen LogP contribution in [0.3, 0.4) is 0 Å². The molecule has 0 N–H and O–H groups in total. The van der Waals surface area contributed by atoms with Gasteiger partial charge in [0.05, 0.1) is 5.41 Å². The van der Waals surface area contributed by atoms with E-state index in [1.807, 2.05) is 17.0 Å². The molecule has 152 valence electrons. The minimum atomic E-state index is -0.330. The van der Waals surface area contributed by atoms with Gasteiger partial charge < -0.3 is 9.80 Å². The van der Waals surface area contributed by atoms with Crippen molar-refractivity contribution in [2.75, 3.05) is 39.3 Å². The van der Waals surface area contributed by atoms with E-state index < -0.39 is 0 Å². The van der Waals surface area contributed by atoms with Gasteiger partial charge in [0.1, 0.15) is 0 Å². The monoisotopic (exact) mass is 403 g/mol. The fourth-order valence-electron chi connectivity index (χ4n) is 5.47. The maximum atomic E-state index is 13.6. The average molecular weight is 404 g/mol. The largest absolute Gasteiger partial charge is 0.342 e. The first-order chi connectivity index (χ1) is 13.5. The highest BCUT2D eigenvalue weighted by molar-refractivity contribution is 6.30. The first-order valence-electron chi connectivity index (χ1n) is 10.6. The second kappa shape index (κ2) is 8.03. The third-order valence-electron chi connectivity index (χ3n) is 7.01. The number of carbonyl (C=O) groups is 2. The third-order valence-corrected chi connectivity index (χ3v) is 7.24. The van der Waals surface area contributed by atoms with Gasteiger partial charge in [-0.1, -0.05) is 24.6 Å². The number of likely N-dealkylation sites (tertiary alicyclic amines) is 3. The van der Waals surface area contributed by atoms with Crippen LogP contribution in [0.25, 0.3) is 0 Å². The lowest BCUT2D eigenvalue weighted by atomic mass is 9.75. The van der Waals surface area contributed by atoms with Gasteiger partial charge in [-0.05, 0) is 63.4 Å². The molecular formula is C22H30ClN3O2. The molecule has 0 aliphatic carbocycles. The predicted octanol–water partition coefficient (Wildman–Crippen LogP) is 3.28. The first-order valence-corrected chi connectivity index (χ1v) is 11.0. The molecule has 1 aromatic carbocycles. The second-order valence-corrected chi connectivity index (χ2v) is 8.83. The zero-order valence-electron chi connectivity index (χ0n) is 16.7. The summed E-state index contributed by atoms with van der Waals surface area (Å²) in [6.45, 7) is 7.25. The van der Waals surface area contributed by atoms with Crippen LogP contribution in [0.15, 0.2) is 24.3 Å². The first kappa shape index (κ1) is 19.7. The highest BCUT2D eigenvalue weighted by Crippen LogP contribution is 2.45. The normalized spacial score (nSPS) is 28.3. The van der Waals surface area contributed by atoms with Gasteiger partial charge in [-0.25, -0.2) is 0 Å². The summed E-state index contributed by atoms with van der Waals surface area (Å²) < 4.78 is 0. The molecule has 3 aliphatic heterocycles. The van der Waals surface area contributed by atoms with Crippen LogP contribution in [-0.4, -0.2) is 71.8 Å². The van der Waals surface area contributed by atoms with Crippen LogP contribution in [0.2, 0.25) is 5.02 Å². The molecule has 3 heterocycles. The molecular weight excluding hydrogens is 374 g/mol. The molecule has 2 amide bonds. The number of benzene rings is 1. The SMILES string of the molecule is CCN1CC[C@]2(C(=O)N3CCCC3)CCN(C(=O)c3cccc(Cl)c3)CC[C@H]12. The molecule has 5 nitrogen and oxygen atoms in total. The number of amides is 2. The summed E-state index contributed by atoms with van der Waals surface area (Å²) in [7, 11) is 0. The van der Waals surface area contributed by atoms with Crippen molar-refractivity contribution in [2.45, 2.75) is 45.1 Å². The topological polar surface area (TPSA) is 43.9 Å². The Morgan fingerprint density at radius 2 is 1.82 bits per heavy atom. The fraction of sp³-hybridized carbons (Fsp3) is 0.636. The lowest BCUT2D eigenvalue weighted by Crippen LogP contribution is -2.50. The van der Waals surface area contributed by atoms with Crippen molar-refractivity contribution < 1.29 is 9.59 Å². The van der Waals surface area contributed by atoms with Crippen LogP contribution >= 0.6 is 11.6 Å². The van der Waals surface area contributed by atoms with Crippen LogP contribution in [0.5, 0.6) is 0 Å². The van der Waals surface area contributed by atoms with Gasteiger partial charge in [-0.15, -0.1) is 0 Å². The van der Waals surface area contributed by atoms with Crippen LogP contribution in [0.1, 0.15) is 49.4 Å². The summed E-state index contributed by atoms with van der Waals surface area (Å²) in [6, 6.07) is 7.40. The molecule has 0 spiro atoms. The quantitative estimate of drug-likeness (QED) is 0.777. The maximum Gasteiger partial charge on any atom is 0.253 e. The maximum absolute atomic E-state index is 13.6. The van der Waals surface area contributed by atoms with Crippen molar-refractivity contribution in [3.63, 3.8) is 0 Å². The summed E-state index contributed by atoms with van der Waals surface area (Å²) in [4.78, 5) is 33.1. The van der Waals surface area contributed by atoms with Gasteiger partial charge in [0.15, 0.2) is 0 Å². The van der Waals surface area contributed by atoms with E-state index in [2.05, 4.69) is 16.7 Å². The number of hydrogen-bond donors (Lipinski definition) is 0. The molecule has 3 saturated heterocycles. The Kier molecular flexibility index (Phi) is 5.66. The van der Waals surface area contributed by atoms with Crippen LogP contribution in [0, 0.1) is 5.41 Å². The minimum Gasteiger partial charge on any atom is -0.342 e. The Morgan fingerprint density at radius 3 is 2.54 bits per heavy atom. The smallest absolute Gasteiger partial charge is 0.253 e. The van der Waals surface area contributed by atoms with Gasteiger partial charge in [-0.3, -0.25) is 14.5 Å². The Labute approximate surface area is 172 Å². The molecule has 2 atom stereocenters. The molecule has 28 heavy (non-hydrogen) atoms. The summed E-state index contributed by atoms with van der Waals surface area (Å²) in [6.07, 6.45) is 4.77. The zero-order valence-corrected chi connectivity index (χ0v) is 17.5. The van der Waals surface area contributed by atoms with Gasteiger partial charge >= 0.3 is 0 Å². The van der Waals surface area contributed by atoms with Crippen molar-refractivity contribution in [2.24, 2.45) is 5.41 Å².